The zero-order valence-electron chi connectivity index (χ0n) is 16.2. The molecule has 0 nitrogen and oxygen atoms in total. The molecule has 0 amide bonds. The molecule has 0 unspecified atom stereocenters. The number of hydrogen-bond acceptors (Lipinski definition) is 0. The van der Waals surface area contributed by atoms with Crippen molar-refractivity contribution in [3.63, 3.8) is 0 Å². The van der Waals surface area contributed by atoms with Gasteiger partial charge in [-0.2, -0.15) is 0 Å². The summed E-state index contributed by atoms with van der Waals surface area (Å²) in [5, 5.41) is 0. The smallest absolute Gasteiger partial charge is 0.0470 e. The molecule has 0 aromatic carbocycles. The maximum absolute atomic E-state index is 3.00. The monoisotopic (exact) mass is 286 g/mol. The zero-order chi connectivity index (χ0) is 17.1. The lowest BCUT2D eigenvalue weighted by atomic mass is 10.2. The van der Waals surface area contributed by atoms with Crippen LogP contribution in [0.3, 0.4) is 0 Å². The molecule has 0 aliphatic heterocycles. The van der Waals surface area contributed by atoms with E-state index in [1.165, 1.54) is 51.4 Å². The van der Waals surface area contributed by atoms with Gasteiger partial charge in [-0.05, 0) is 13.8 Å². The third kappa shape index (κ3) is 113. The minimum atomic E-state index is 1.34. The molecule has 0 aliphatic rings. The molecule has 0 spiro atoms. The van der Waals surface area contributed by atoms with Gasteiger partial charge in [-0.25, -0.2) is 0 Å². The Bertz CT molecular complexity index is 92.6. The minimum Gasteiger partial charge on any atom is -0.106 e. The summed E-state index contributed by atoms with van der Waals surface area (Å²) in [5.74, 6) is 0. The molecule has 0 fully saturated rings. The Morgan fingerprint density at radius 2 is 0.800 bits per heavy atom. The number of allylic oxidation sites excluding steroid dienone is 2. The highest BCUT2D eigenvalue weighted by molar-refractivity contribution is 4.68. The number of unbranched alkanes of at least 4 members (excludes halogenated alkanes) is 6. The fourth-order valence-electron chi connectivity index (χ4n) is 1.03. The van der Waals surface area contributed by atoms with Gasteiger partial charge in [0.15, 0.2) is 0 Å². The molecule has 0 atom stereocenters. The van der Waals surface area contributed by atoms with Crippen molar-refractivity contribution in [3.05, 3.63) is 25.3 Å². The molecule has 0 saturated heterocycles. The van der Waals surface area contributed by atoms with E-state index < -0.39 is 0 Å². The van der Waals surface area contributed by atoms with E-state index in [4.69, 9.17) is 0 Å². The van der Waals surface area contributed by atoms with Crippen LogP contribution in [0.5, 0.6) is 0 Å². The van der Waals surface area contributed by atoms with E-state index in [-0.39, 0.29) is 0 Å². The van der Waals surface area contributed by atoms with Crippen LogP contribution >= 0.6 is 0 Å². The molecule has 0 rings (SSSR count). The summed E-state index contributed by atoms with van der Waals surface area (Å²) < 4.78 is 0. The van der Waals surface area contributed by atoms with Crippen molar-refractivity contribution in [2.75, 3.05) is 0 Å². The molecule has 0 aliphatic carbocycles. The topological polar surface area (TPSA) is 0 Å². The fourth-order valence-corrected chi connectivity index (χ4v) is 1.03. The van der Waals surface area contributed by atoms with Crippen LogP contribution in [0.25, 0.3) is 0 Å². The van der Waals surface area contributed by atoms with Crippen LogP contribution in [0.1, 0.15) is 107 Å². The average molecular weight is 287 g/mol. The highest BCUT2D eigenvalue weighted by Crippen LogP contribution is 2.00. The maximum atomic E-state index is 3.00. The SMILES string of the molecule is C/C=C\C.C=C.CC.CCCCC.CCCCCCC. The first-order valence-electron chi connectivity index (χ1n) is 8.82. The third-order valence-electron chi connectivity index (χ3n) is 2.25. The zero-order valence-corrected chi connectivity index (χ0v) is 16.2. The molecule has 0 aromatic heterocycles. The van der Waals surface area contributed by atoms with Crippen LogP contribution in [0.2, 0.25) is 0 Å². The van der Waals surface area contributed by atoms with Crippen molar-refractivity contribution in [2.45, 2.75) is 107 Å². The second-order valence-corrected chi connectivity index (χ2v) is 4.08. The number of rotatable bonds is 6. The molecule has 20 heavy (non-hydrogen) atoms. The summed E-state index contributed by atoms with van der Waals surface area (Å²) in [4.78, 5) is 0. The summed E-state index contributed by atoms with van der Waals surface area (Å²) in [7, 11) is 0. The van der Waals surface area contributed by atoms with Crippen molar-refractivity contribution >= 4 is 0 Å². The Morgan fingerprint density at radius 1 is 0.550 bits per heavy atom. The molecule has 0 saturated carbocycles. The highest BCUT2D eigenvalue weighted by Gasteiger charge is 1.80. The van der Waals surface area contributed by atoms with E-state index in [1.807, 2.05) is 39.8 Å². The quantitative estimate of drug-likeness (QED) is 0.339. The molecule has 126 valence electrons. The van der Waals surface area contributed by atoms with Gasteiger partial charge in [-0.1, -0.05) is 105 Å². The van der Waals surface area contributed by atoms with Gasteiger partial charge >= 0.3 is 0 Å². The van der Waals surface area contributed by atoms with Gasteiger partial charge in [0, 0.05) is 0 Å². The standard InChI is InChI=1S/C7H16.C5H12.C4H8.C2H6.C2H4/c1-3-5-7-6-4-2;1-3-5-4-2;1-3-4-2;2*1-2/h3-7H2,1-2H3;3-5H2,1-2H3;3-4H,1-2H3;1-2H3;1-2H2/b;;4-3-;;. The van der Waals surface area contributed by atoms with Crippen LogP contribution in [-0.2, 0) is 0 Å². The van der Waals surface area contributed by atoms with Gasteiger partial charge in [0.25, 0.3) is 0 Å². The second kappa shape index (κ2) is 62.8. The molecule has 0 heterocycles. The van der Waals surface area contributed by atoms with Gasteiger partial charge in [-0.15, -0.1) is 13.2 Å². The van der Waals surface area contributed by atoms with Gasteiger partial charge in [0.1, 0.15) is 0 Å². The largest absolute Gasteiger partial charge is 0.106 e. The van der Waals surface area contributed by atoms with Gasteiger partial charge in [0.2, 0.25) is 0 Å². The van der Waals surface area contributed by atoms with Crippen molar-refractivity contribution in [1.82, 2.24) is 0 Å². The second-order valence-electron chi connectivity index (χ2n) is 4.08. The first-order chi connectivity index (χ1) is 9.74. The Balaban J connectivity index is -0.0000000513. The van der Waals surface area contributed by atoms with Crippen LogP contribution in [0.4, 0.5) is 0 Å². The van der Waals surface area contributed by atoms with Gasteiger partial charge < -0.3 is 0 Å². The summed E-state index contributed by atoms with van der Waals surface area (Å²) in [6.45, 7) is 22.9. The van der Waals surface area contributed by atoms with Gasteiger partial charge in [-0.3, -0.25) is 0 Å². The average Bonchev–Trinajstić information content (AvgIpc) is 2.53. The van der Waals surface area contributed by atoms with Crippen LogP contribution in [0, 0.1) is 0 Å². The van der Waals surface area contributed by atoms with Crippen LogP contribution in [0.15, 0.2) is 25.3 Å². The van der Waals surface area contributed by atoms with E-state index in [9.17, 15) is 0 Å². The minimum absolute atomic E-state index is 1.34. The first kappa shape index (κ1) is 31.7. The van der Waals surface area contributed by atoms with E-state index in [0.29, 0.717) is 0 Å². The lowest BCUT2D eigenvalue weighted by Crippen LogP contribution is -1.70. The third-order valence-corrected chi connectivity index (χ3v) is 2.25. The predicted octanol–water partition coefficient (Wildman–Crippen LogP) is 8.58. The summed E-state index contributed by atoms with van der Waals surface area (Å²) in [6, 6.07) is 0. The fraction of sp³-hybridized carbons (Fsp3) is 0.800. The van der Waals surface area contributed by atoms with Crippen molar-refractivity contribution in [1.29, 1.82) is 0 Å². The normalized spacial score (nSPS) is 7.80. The highest BCUT2D eigenvalue weighted by atomic mass is 13.9. The molecular formula is C20H46. The Morgan fingerprint density at radius 3 is 0.900 bits per heavy atom. The van der Waals surface area contributed by atoms with Crippen molar-refractivity contribution < 1.29 is 0 Å². The van der Waals surface area contributed by atoms with Crippen molar-refractivity contribution in [3.8, 4) is 0 Å². The molecule has 0 heteroatoms. The van der Waals surface area contributed by atoms with E-state index >= 15 is 0 Å². The molecule has 0 aromatic rings. The van der Waals surface area contributed by atoms with E-state index in [2.05, 4.69) is 40.9 Å². The Hall–Kier alpha value is -0.520. The number of hydrogen-bond donors (Lipinski definition) is 0. The Labute approximate surface area is 132 Å². The summed E-state index contributed by atoms with van der Waals surface area (Å²) in [6.07, 6.45) is 15.1. The van der Waals surface area contributed by atoms with Crippen LogP contribution < -0.4 is 0 Å². The Kier molecular flexibility index (Phi) is 99.7. The lowest BCUT2D eigenvalue weighted by molar-refractivity contribution is 0.656. The van der Waals surface area contributed by atoms with Crippen molar-refractivity contribution in [2.24, 2.45) is 0 Å². The molecule has 0 N–H and O–H groups in total. The molecular weight excluding hydrogens is 240 g/mol. The van der Waals surface area contributed by atoms with Crippen LogP contribution in [-0.4, -0.2) is 0 Å². The van der Waals surface area contributed by atoms with E-state index in [0.717, 1.165) is 0 Å². The molecule has 0 bridgehead atoms. The summed E-state index contributed by atoms with van der Waals surface area (Å²) in [5.41, 5.74) is 0. The molecule has 0 radical (unpaired) electrons. The predicted molar refractivity (Wildman–Crippen MR) is 103 cm³/mol. The lowest BCUT2D eigenvalue weighted by Gasteiger charge is -1.90. The van der Waals surface area contributed by atoms with Gasteiger partial charge in [0.05, 0.1) is 0 Å². The first-order valence-corrected chi connectivity index (χ1v) is 8.82. The summed E-state index contributed by atoms with van der Waals surface area (Å²) >= 11 is 0. The maximum Gasteiger partial charge on any atom is -0.0470 e. The van der Waals surface area contributed by atoms with E-state index in [1.54, 1.807) is 0 Å².